The molecule has 0 aliphatic rings. The maximum absolute atomic E-state index is 12.0. The van der Waals surface area contributed by atoms with Crippen molar-refractivity contribution in [1.29, 1.82) is 0 Å². The van der Waals surface area contributed by atoms with Gasteiger partial charge in [0.05, 0.1) is 13.2 Å². The fraction of sp³-hybridized carbons (Fsp3) is 0.316. The quantitative estimate of drug-likeness (QED) is 0.887. The van der Waals surface area contributed by atoms with E-state index < -0.39 is 0 Å². The van der Waals surface area contributed by atoms with Gasteiger partial charge in [-0.05, 0) is 61.7 Å². The molecule has 2 aromatic carbocycles. The largest absolute Gasteiger partial charge is 0.497 e. The summed E-state index contributed by atoms with van der Waals surface area (Å²) in [6.45, 7) is 5.96. The van der Waals surface area contributed by atoms with Gasteiger partial charge in [0.25, 0.3) is 5.91 Å². The molecule has 0 bridgehead atoms. The van der Waals surface area contributed by atoms with Crippen molar-refractivity contribution in [1.82, 2.24) is 5.32 Å². The third-order valence-electron chi connectivity index (χ3n) is 3.56. The molecule has 0 aliphatic heterocycles. The molecule has 4 nitrogen and oxygen atoms in total. The lowest BCUT2D eigenvalue weighted by molar-refractivity contribution is -0.123. The van der Waals surface area contributed by atoms with Gasteiger partial charge in [-0.1, -0.05) is 18.2 Å². The molecule has 0 fully saturated rings. The third kappa shape index (κ3) is 5.02. The minimum atomic E-state index is -0.146. The highest BCUT2D eigenvalue weighted by Gasteiger charge is 2.10. The van der Waals surface area contributed by atoms with Gasteiger partial charge in [-0.3, -0.25) is 4.79 Å². The summed E-state index contributed by atoms with van der Waals surface area (Å²) in [6, 6.07) is 13.5. The highest BCUT2D eigenvalue weighted by atomic mass is 16.5. The second-order valence-electron chi connectivity index (χ2n) is 5.67. The number of carbonyl (C=O) groups excluding carboxylic acids is 1. The number of methoxy groups -OCH3 is 1. The number of carbonyl (C=O) groups is 1. The molecule has 0 saturated carbocycles. The lowest BCUT2D eigenvalue weighted by Gasteiger charge is -2.15. The average molecular weight is 313 g/mol. The van der Waals surface area contributed by atoms with Gasteiger partial charge in [0.15, 0.2) is 6.61 Å². The van der Waals surface area contributed by atoms with Gasteiger partial charge in [-0.25, -0.2) is 0 Å². The average Bonchev–Trinajstić information content (AvgIpc) is 2.52. The minimum Gasteiger partial charge on any atom is -0.497 e. The molecule has 122 valence electrons. The molecule has 1 N–H and O–H groups in total. The fourth-order valence-corrected chi connectivity index (χ4v) is 2.42. The van der Waals surface area contributed by atoms with Crippen LogP contribution in [-0.4, -0.2) is 19.6 Å². The lowest BCUT2D eigenvalue weighted by atomic mass is 10.1. The monoisotopic (exact) mass is 313 g/mol. The molecule has 0 radical (unpaired) electrons. The van der Waals surface area contributed by atoms with E-state index >= 15 is 0 Å². The maximum atomic E-state index is 12.0. The smallest absolute Gasteiger partial charge is 0.258 e. The summed E-state index contributed by atoms with van der Waals surface area (Å²) in [5.74, 6) is 1.37. The molecule has 2 rings (SSSR count). The van der Waals surface area contributed by atoms with E-state index in [-0.39, 0.29) is 18.6 Å². The molecule has 0 aromatic heterocycles. The van der Waals surface area contributed by atoms with Crippen LogP contribution in [0.2, 0.25) is 0 Å². The molecule has 4 heteroatoms. The highest BCUT2D eigenvalue weighted by Crippen LogP contribution is 2.18. The van der Waals surface area contributed by atoms with Crippen LogP contribution in [0.15, 0.2) is 42.5 Å². The molecule has 23 heavy (non-hydrogen) atoms. The first kappa shape index (κ1) is 16.9. The predicted molar refractivity (Wildman–Crippen MR) is 91.0 cm³/mol. The van der Waals surface area contributed by atoms with E-state index in [9.17, 15) is 4.79 Å². The summed E-state index contributed by atoms with van der Waals surface area (Å²) in [6.07, 6.45) is 0. The molecule has 0 heterocycles. The number of benzene rings is 2. The first-order valence-electron chi connectivity index (χ1n) is 7.62. The zero-order valence-corrected chi connectivity index (χ0v) is 14.1. The summed E-state index contributed by atoms with van der Waals surface area (Å²) in [5, 5.41) is 2.93. The van der Waals surface area contributed by atoms with Crippen LogP contribution in [0.3, 0.4) is 0 Å². The fourth-order valence-electron chi connectivity index (χ4n) is 2.42. The van der Waals surface area contributed by atoms with Crippen LogP contribution >= 0.6 is 0 Å². The number of aryl methyl sites for hydroxylation is 2. The standard InChI is InChI=1S/C19H23NO3/c1-13-9-14(2)11-18(10-13)23-12-19(21)20-15(3)16-5-7-17(22-4)8-6-16/h5-11,15H,12H2,1-4H3,(H,20,21). The first-order chi connectivity index (χ1) is 11.0. The van der Waals surface area contributed by atoms with Crippen LogP contribution in [0.4, 0.5) is 0 Å². The number of amides is 1. The van der Waals surface area contributed by atoms with Gasteiger partial charge in [0.1, 0.15) is 11.5 Å². The first-order valence-corrected chi connectivity index (χ1v) is 7.62. The number of rotatable bonds is 6. The van der Waals surface area contributed by atoms with E-state index in [1.807, 2.05) is 57.2 Å². The zero-order chi connectivity index (χ0) is 16.8. The molecule has 1 amide bonds. The molecule has 1 atom stereocenters. The second kappa shape index (κ2) is 7.68. The third-order valence-corrected chi connectivity index (χ3v) is 3.56. The normalized spacial score (nSPS) is 11.7. The number of nitrogens with one attached hydrogen (secondary N) is 1. The van der Waals surface area contributed by atoms with Crippen LogP contribution in [0.5, 0.6) is 11.5 Å². The minimum absolute atomic E-state index is 0.00336. The van der Waals surface area contributed by atoms with Gasteiger partial charge in [-0.15, -0.1) is 0 Å². The second-order valence-corrected chi connectivity index (χ2v) is 5.67. The zero-order valence-electron chi connectivity index (χ0n) is 14.1. The van der Waals surface area contributed by atoms with Crippen molar-refractivity contribution in [2.45, 2.75) is 26.8 Å². The van der Waals surface area contributed by atoms with E-state index in [1.165, 1.54) is 0 Å². The van der Waals surface area contributed by atoms with E-state index in [2.05, 4.69) is 11.4 Å². The Kier molecular flexibility index (Phi) is 5.63. The van der Waals surface area contributed by atoms with Crippen LogP contribution in [-0.2, 0) is 4.79 Å². The van der Waals surface area contributed by atoms with Crippen molar-refractivity contribution in [3.63, 3.8) is 0 Å². The van der Waals surface area contributed by atoms with Crippen molar-refractivity contribution in [3.05, 3.63) is 59.2 Å². The molecule has 0 aliphatic carbocycles. The van der Waals surface area contributed by atoms with Gasteiger partial charge in [-0.2, -0.15) is 0 Å². The van der Waals surface area contributed by atoms with Gasteiger partial charge in [0.2, 0.25) is 0 Å². The lowest BCUT2D eigenvalue weighted by Crippen LogP contribution is -2.31. The van der Waals surface area contributed by atoms with Crippen LogP contribution in [0, 0.1) is 13.8 Å². The van der Waals surface area contributed by atoms with Crippen molar-refractivity contribution in [3.8, 4) is 11.5 Å². The van der Waals surface area contributed by atoms with Crippen molar-refractivity contribution >= 4 is 5.91 Å². The summed E-state index contributed by atoms with van der Waals surface area (Å²) in [4.78, 5) is 12.0. The molecule has 0 spiro atoms. The predicted octanol–water partition coefficient (Wildman–Crippen LogP) is 3.57. The Morgan fingerprint density at radius 2 is 1.65 bits per heavy atom. The van der Waals surface area contributed by atoms with Crippen molar-refractivity contribution in [2.24, 2.45) is 0 Å². The topological polar surface area (TPSA) is 47.6 Å². The van der Waals surface area contributed by atoms with Crippen LogP contribution < -0.4 is 14.8 Å². The SMILES string of the molecule is COc1ccc(C(C)NC(=O)COc2cc(C)cc(C)c2)cc1. The van der Waals surface area contributed by atoms with Crippen LogP contribution in [0.25, 0.3) is 0 Å². The Bertz CT molecular complexity index is 645. The summed E-state index contributed by atoms with van der Waals surface area (Å²) >= 11 is 0. The molecule has 2 aromatic rings. The van der Waals surface area contributed by atoms with E-state index in [0.717, 1.165) is 28.2 Å². The number of ether oxygens (including phenoxy) is 2. The molecular weight excluding hydrogens is 290 g/mol. The Morgan fingerprint density at radius 3 is 2.22 bits per heavy atom. The van der Waals surface area contributed by atoms with Gasteiger partial charge in [0, 0.05) is 0 Å². The Hall–Kier alpha value is -2.49. The van der Waals surface area contributed by atoms with Crippen LogP contribution in [0.1, 0.15) is 29.7 Å². The van der Waals surface area contributed by atoms with E-state index in [0.29, 0.717) is 0 Å². The highest BCUT2D eigenvalue weighted by molar-refractivity contribution is 5.78. The molecular formula is C19H23NO3. The summed E-state index contributed by atoms with van der Waals surface area (Å²) < 4.78 is 10.7. The molecule has 0 saturated heterocycles. The Balaban J connectivity index is 1.88. The van der Waals surface area contributed by atoms with Gasteiger partial charge < -0.3 is 14.8 Å². The van der Waals surface area contributed by atoms with E-state index in [4.69, 9.17) is 9.47 Å². The Labute approximate surface area is 137 Å². The van der Waals surface area contributed by atoms with Crippen molar-refractivity contribution in [2.75, 3.05) is 13.7 Å². The number of hydrogen-bond donors (Lipinski definition) is 1. The molecule has 1 unspecified atom stereocenters. The number of hydrogen-bond acceptors (Lipinski definition) is 3. The maximum Gasteiger partial charge on any atom is 0.258 e. The van der Waals surface area contributed by atoms with Crippen molar-refractivity contribution < 1.29 is 14.3 Å². The summed E-state index contributed by atoms with van der Waals surface area (Å²) in [7, 11) is 1.63. The summed E-state index contributed by atoms with van der Waals surface area (Å²) in [5.41, 5.74) is 3.25. The van der Waals surface area contributed by atoms with E-state index in [1.54, 1.807) is 7.11 Å². The van der Waals surface area contributed by atoms with Gasteiger partial charge >= 0.3 is 0 Å². The Morgan fingerprint density at radius 1 is 1.04 bits per heavy atom.